The van der Waals surface area contributed by atoms with Crippen LogP contribution < -0.4 is 5.73 Å². The number of hydrogen-bond acceptors (Lipinski definition) is 3. The lowest BCUT2D eigenvalue weighted by molar-refractivity contribution is 0.451. The summed E-state index contributed by atoms with van der Waals surface area (Å²) in [6.07, 6.45) is 3.93. The molecule has 0 fully saturated rings. The maximum absolute atomic E-state index is 5.77. The van der Waals surface area contributed by atoms with Crippen LogP contribution in [0.15, 0.2) is 6.33 Å². The number of fused-ring (bicyclic) bond motifs is 1. The highest BCUT2D eigenvalue weighted by Gasteiger charge is 2.17. The molecular formula is C6H10N4. The number of nitrogens with zero attached hydrogens (tertiary/aromatic N) is 3. The summed E-state index contributed by atoms with van der Waals surface area (Å²) in [6.45, 7) is 1.02. The Kier molecular flexibility index (Phi) is 1.20. The van der Waals surface area contributed by atoms with Gasteiger partial charge in [-0.15, -0.1) is 10.2 Å². The second kappa shape index (κ2) is 2.05. The van der Waals surface area contributed by atoms with Gasteiger partial charge in [0, 0.05) is 6.54 Å². The van der Waals surface area contributed by atoms with Gasteiger partial charge in [-0.1, -0.05) is 0 Å². The highest BCUT2D eigenvalue weighted by molar-refractivity contribution is 4.96. The molecule has 1 atom stereocenters. The summed E-state index contributed by atoms with van der Waals surface area (Å²) in [5, 5.41) is 7.71. The first-order valence-electron chi connectivity index (χ1n) is 3.51. The number of rotatable bonds is 0. The van der Waals surface area contributed by atoms with Gasteiger partial charge in [0.2, 0.25) is 0 Å². The lowest BCUT2D eigenvalue weighted by Gasteiger charge is -2.17. The number of nitrogens with two attached hydrogens (primary N) is 1. The highest BCUT2D eigenvalue weighted by Crippen LogP contribution is 2.18. The van der Waals surface area contributed by atoms with E-state index in [1.54, 1.807) is 6.33 Å². The third-order valence-electron chi connectivity index (χ3n) is 1.89. The molecule has 1 aromatic heterocycles. The molecule has 0 aliphatic carbocycles. The maximum Gasteiger partial charge on any atom is 0.149 e. The van der Waals surface area contributed by atoms with Crippen molar-refractivity contribution in [3.8, 4) is 0 Å². The molecule has 2 heterocycles. The minimum Gasteiger partial charge on any atom is -0.321 e. The molecule has 1 aromatic rings. The molecular weight excluding hydrogens is 128 g/mol. The van der Waals surface area contributed by atoms with E-state index >= 15 is 0 Å². The fourth-order valence-electron chi connectivity index (χ4n) is 1.33. The monoisotopic (exact) mass is 138 g/mol. The number of aryl methyl sites for hydroxylation is 1. The summed E-state index contributed by atoms with van der Waals surface area (Å²) >= 11 is 0. The summed E-state index contributed by atoms with van der Waals surface area (Å²) in [5.74, 6) is 0.936. The third-order valence-corrected chi connectivity index (χ3v) is 1.89. The van der Waals surface area contributed by atoms with Crippen molar-refractivity contribution in [2.24, 2.45) is 5.73 Å². The van der Waals surface area contributed by atoms with Crippen molar-refractivity contribution in [3.05, 3.63) is 12.2 Å². The van der Waals surface area contributed by atoms with E-state index in [0.717, 1.165) is 25.2 Å². The van der Waals surface area contributed by atoms with Crippen molar-refractivity contribution >= 4 is 0 Å². The second-order valence-corrected chi connectivity index (χ2v) is 2.63. The fraction of sp³-hybridized carbons (Fsp3) is 0.667. The largest absolute Gasteiger partial charge is 0.321 e. The minimum atomic E-state index is 0.108. The molecule has 2 rings (SSSR count). The van der Waals surface area contributed by atoms with Gasteiger partial charge in [-0.25, -0.2) is 0 Å². The SMILES string of the molecule is N[C@@H]1CCCn2cnnc21. The molecule has 0 spiro atoms. The molecule has 1 aliphatic heterocycles. The Morgan fingerprint density at radius 2 is 2.60 bits per heavy atom. The van der Waals surface area contributed by atoms with E-state index in [0.29, 0.717) is 0 Å². The molecule has 0 saturated carbocycles. The van der Waals surface area contributed by atoms with E-state index in [1.165, 1.54) is 0 Å². The lowest BCUT2D eigenvalue weighted by atomic mass is 10.1. The van der Waals surface area contributed by atoms with Crippen molar-refractivity contribution in [1.82, 2.24) is 14.8 Å². The van der Waals surface area contributed by atoms with Crippen LogP contribution in [0.2, 0.25) is 0 Å². The van der Waals surface area contributed by atoms with E-state index < -0.39 is 0 Å². The second-order valence-electron chi connectivity index (χ2n) is 2.63. The molecule has 0 amide bonds. The van der Waals surface area contributed by atoms with Crippen LogP contribution in [0.1, 0.15) is 24.7 Å². The summed E-state index contributed by atoms with van der Waals surface area (Å²) in [7, 11) is 0. The molecule has 0 bridgehead atoms. The third kappa shape index (κ3) is 0.724. The molecule has 0 aromatic carbocycles. The minimum absolute atomic E-state index is 0.108. The molecule has 1 aliphatic rings. The van der Waals surface area contributed by atoms with Gasteiger partial charge >= 0.3 is 0 Å². The Balaban J connectivity index is 2.41. The predicted molar refractivity (Wildman–Crippen MR) is 36.2 cm³/mol. The van der Waals surface area contributed by atoms with Crippen LogP contribution in [0.3, 0.4) is 0 Å². The van der Waals surface area contributed by atoms with Gasteiger partial charge in [0.1, 0.15) is 12.2 Å². The lowest BCUT2D eigenvalue weighted by Crippen LogP contribution is -2.21. The summed E-state index contributed by atoms with van der Waals surface area (Å²) in [4.78, 5) is 0. The molecule has 0 radical (unpaired) electrons. The highest BCUT2D eigenvalue weighted by atomic mass is 15.3. The summed E-state index contributed by atoms with van der Waals surface area (Å²) < 4.78 is 2.02. The van der Waals surface area contributed by atoms with E-state index in [2.05, 4.69) is 10.2 Å². The molecule has 10 heavy (non-hydrogen) atoms. The van der Waals surface area contributed by atoms with Gasteiger partial charge in [0.05, 0.1) is 6.04 Å². The Labute approximate surface area is 59.1 Å². The average Bonchev–Trinajstić information content (AvgIpc) is 2.36. The molecule has 54 valence electrons. The van der Waals surface area contributed by atoms with Crippen molar-refractivity contribution in [1.29, 1.82) is 0 Å². The molecule has 0 unspecified atom stereocenters. The average molecular weight is 138 g/mol. The van der Waals surface area contributed by atoms with Crippen molar-refractivity contribution in [3.63, 3.8) is 0 Å². The number of aromatic nitrogens is 3. The first-order valence-corrected chi connectivity index (χ1v) is 3.51. The first kappa shape index (κ1) is 5.85. The van der Waals surface area contributed by atoms with Gasteiger partial charge in [-0.2, -0.15) is 0 Å². The van der Waals surface area contributed by atoms with E-state index in [4.69, 9.17) is 5.73 Å². The normalized spacial score (nSPS) is 24.3. The van der Waals surface area contributed by atoms with Crippen LogP contribution in [0.4, 0.5) is 0 Å². The predicted octanol–water partition coefficient (Wildman–Crippen LogP) is 0.0717. The Morgan fingerprint density at radius 1 is 1.70 bits per heavy atom. The first-order chi connectivity index (χ1) is 4.88. The van der Waals surface area contributed by atoms with Crippen molar-refractivity contribution in [2.45, 2.75) is 25.4 Å². The van der Waals surface area contributed by atoms with Gasteiger partial charge in [0.15, 0.2) is 0 Å². The fourth-order valence-corrected chi connectivity index (χ4v) is 1.33. The topological polar surface area (TPSA) is 56.7 Å². The molecule has 0 saturated heterocycles. The smallest absolute Gasteiger partial charge is 0.149 e. The zero-order valence-corrected chi connectivity index (χ0v) is 5.70. The zero-order valence-electron chi connectivity index (χ0n) is 5.70. The quantitative estimate of drug-likeness (QED) is 0.552. The number of hydrogen-bond donors (Lipinski definition) is 1. The van der Waals surface area contributed by atoms with Crippen LogP contribution in [-0.4, -0.2) is 14.8 Å². The Bertz CT molecular complexity index is 229. The zero-order chi connectivity index (χ0) is 6.97. The van der Waals surface area contributed by atoms with Crippen LogP contribution in [0, 0.1) is 0 Å². The van der Waals surface area contributed by atoms with Crippen molar-refractivity contribution < 1.29 is 0 Å². The van der Waals surface area contributed by atoms with Gasteiger partial charge in [-0.3, -0.25) is 0 Å². The van der Waals surface area contributed by atoms with E-state index in [1.807, 2.05) is 4.57 Å². The van der Waals surface area contributed by atoms with Crippen LogP contribution in [0.5, 0.6) is 0 Å². The summed E-state index contributed by atoms with van der Waals surface area (Å²) in [6, 6.07) is 0.108. The Morgan fingerprint density at radius 3 is 3.40 bits per heavy atom. The van der Waals surface area contributed by atoms with Crippen LogP contribution >= 0.6 is 0 Å². The Hall–Kier alpha value is -0.900. The van der Waals surface area contributed by atoms with Crippen molar-refractivity contribution in [2.75, 3.05) is 0 Å². The standard InChI is InChI=1S/C6H10N4/c7-5-2-1-3-10-4-8-9-6(5)10/h4-5H,1-3,7H2/t5-/m1/s1. The van der Waals surface area contributed by atoms with Gasteiger partial charge in [-0.05, 0) is 12.8 Å². The van der Waals surface area contributed by atoms with Crippen LogP contribution in [-0.2, 0) is 6.54 Å². The van der Waals surface area contributed by atoms with E-state index in [9.17, 15) is 0 Å². The van der Waals surface area contributed by atoms with Gasteiger partial charge < -0.3 is 10.3 Å². The van der Waals surface area contributed by atoms with Crippen LogP contribution in [0.25, 0.3) is 0 Å². The van der Waals surface area contributed by atoms with Gasteiger partial charge in [0.25, 0.3) is 0 Å². The van der Waals surface area contributed by atoms with E-state index in [-0.39, 0.29) is 6.04 Å². The molecule has 4 heteroatoms. The molecule has 2 N–H and O–H groups in total. The summed E-state index contributed by atoms with van der Waals surface area (Å²) in [5.41, 5.74) is 5.77. The maximum atomic E-state index is 5.77. The molecule has 4 nitrogen and oxygen atoms in total.